The summed E-state index contributed by atoms with van der Waals surface area (Å²) in [5.41, 5.74) is 10.5. The standard InChI is InChI=1S/C36H42N6O6/c1-23-11-14-29(30(20-23)48-19-6-5-8-24(21-43)42-17-15-40(2)16-18-42)41(3)36(46)27-13-12-26(34(47-4)32(27)35(37)45)25-9-7-10-28-33(25)39-31(22-44)38-28/h7,9-14,20,44H,5-6,8,15-19,22H2,1-4H3,(H2,37,45)(H,38,39). The summed E-state index contributed by atoms with van der Waals surface area (Å²) in [6, 6.07) is 14.3. The van der Waals surface area contributed by atoms with Crippen LogP contribution < -0.4 is 20.1 Å². The second kappa shape index (κ2) is 15.2. The molecule has 2 amide bonds. The van der Waals surface area contributed by atoms with Crippen LogP contribution >= 0.6 is 0 Å². The third-order valence-electron chi connectivity index (χ3n) is 8.69. The highest BCUT2D eigenvalue weighted by Gasteiger charge is 2.28. The Morgan fingerprint density at radius 1 is 1.08 bits per heavy atom. The number of hydrogen-bond acceptors (Lipinski definition) is 9. The van der Waals surface area contributed by atoms with Crippen molar-refractivity contribution in [1.29, 1.82) is 0 Å². The minimum atomic E-state index is -0.823. The van der Waals surface area contributed by atoms with Crippen molar-refractivity contribution in [2.45, 2.75) is 32.8 Å². The van der Waals surface area contributed by atoms with Crippen molar-refractivity contribution in [2.24, 2.45) is 5.73 Å². The molecule has 0 saturated carbocycles. The number of nitrogens with two attached hydrogens (primary N) is 1. The molecule has 0 unspecified atom stereocenters. The molecule has 0 atom stereocenters. The zero-order chi connectivity index (χ0) is 34.4. The molecule has 0 radical (unpaired) electrons. The Labute approximate surface area is 279 Å². The lowest BCUT2D eigenvalue weighted by Crippen LogP contribution is -2.44. The number of nitrogens with one attached hydrogen (secondary N) is 1. The van der Waals surface area contributed by atoms with Crippen molar-refractivity contribution in [3.63, 3.8) is 0 Å². The fourth-order valence-corrected chi connectivity index (χ4v) is 6.04. The molecule has 0 aliphatic carbocycles. The summed E-state index contributed by atoms with van der Waals surface area (Å²) in [6.45, 7) is 5.54. The molecular weight excluding hydrogens is 612 g/mol. The molecule has 12 heteroatoms. The van der Waals surface area contributed by atoms with E-state index in [-0.39, 0.29) is 23.5 Å². The van der Waals surface area contributed by atoms with Crippen molar-refractivity contribution in [3.05, 3.63) is 76.7 Å². The van der Waals surface area contributed by atoms with Gasteiger partial charge in [0, 0.05) is 44.4 Å². The number of rotatable bonds is 13. The lowest BCUT2D eigenvalue weighted by atomic mass is 9.95. The molecule has 1 saturated heterocycles. The van der Waals surface area contributed by atoms with Crippen molar-refractivity contribution in [1.82, 2.24) is 19.8 Å². The molecule has 48 heavy (non-hydrogen) atoms. The number of amides is 2. The van der Waals surface area contributed by atoms with E-state index in [2.05, 4.69) is 32.8 Å². The molecule has 0 bridgehead atoms. The molecule has 1 fully saturated rings. The Hall–Kier alpha value is -5.16. The number of allylic oxidation sites excluding steroid dienone is 1. The highest BCUT2D eigenvalue weighted by Crippen LogP contribution is 2.39. The smallest absolute Gasteiger partial charge is 0.259 e. The second-order valence-electron chi connectivity index (χ2n) is 12.0. The van der Waals surface area contributed by atoms with E-state index in [1.807, 2.05) is 37.3 Å². The monoisotopic (exact) mass is 654 g/mol. The van der Waals surface area contributed by atoms with Gasteiger partial charge in [-0.3, -0.25) is 9.59 Å². The summed E-state index contributed by atoms with van der Waals surface area (Å²) in [4.78, 5) is 51.9. The number of likely N-dealkylation sites (N-methyl/N-ethyl adjacent to an activating group) is 1. The number of unbranched alkanes of at least 4 members (excludes halogenated alkanes) is 1. The molecular formula is C36H42N6O6. The van der Waals surface area contributed by atoms with Gasteiger partial charge in [0.1, 0.15) is 29.9 Å². The number of imidazole rings is 1. The molecule has 0 spiro atoms. The van der Waals surface area contributed by atoms with Crippen molar-refractivity contribution < 1.29 is 29.0 Å². The van der Waals surface area contributed by atoms with E-state index in [4.69, 9.17) is 15.2 Å². The topological polar surface area (TPSA) is 154 Å². The number of carbonyl (C=O) groups excluding carboxylic acids is 3. The lowest BCUT2D eigenvalue weighted by molar-refractivity contribution is 0.0961. The van der Waals surface area contributed by atoms with Crippen molar-refractivity contribution >= 4 is 34.5 Å². The largest absolute Gasteiger partial charge is 0.495 e. The van der Waals surface area contributed by atoms with Crippen LogP contribution in [-0.4, -0.2) is 96.6 Å². The number of aliphatic hydroxyl groups is 1. The second-order valence-corrected chi connectivity index (χ2v) is 12.0. The summed E-state index contributed by atoms with van der Waals surface area (Å²) >= 11 is 0. The van der Waals surface area contributed by atoms with E-state index in [0.717, 1.165) is 38.2 Å². The number of anilines is 1. The number of aromatic amines is 1. The lowest BCUT2D eigenvalue weighted by Gasteiger charge is -2.34. The van der Waals surface area contributed by atoms with Crippen LogP contribution in [0.25, 0.3) is 22.2 Å². The molecule has 1 aliphatic heterocycles. The predicted octanol–water partition coefficient (Wildman–Crippen LogP) is 3.93. The number of aromatic nitrogens is 2. The van der Waals surface area contributed by atoms with Gasteiger partial charge in [0.25, 0.3) is 11.8 Å². The number of ether oxygens (including phenoxy) is 2. The van der Waals surface area contributed by atoms with Gasteiger partial charge in [-0.25, -0.2) is 9.78 Å². The van der Waals surface area contributed by atoms with Crippen LogP contribution in [0.3, 0.4) is 0 Å². The first-order valence-electron chi connectivity index (χ1n) is 15.9. The fourth-order valence-electron chi connectivity index (χ4n) is 6.04. The van der Waals surface area contributed by atoms with Gasteiger partial charge in [-0.15, -0.1) is 0 Å². The molecule has 12 nitrogen and oxygen atoms in total. The minimum Gasteiger partial charge on any atom is -0.495 e. The van der Waals surface area contributed by atoms with Crippen LogP contribution in [0.1, 0.15) is 51.4 Å². The summed E-state index contributed by atoms with van der Waals surface area (Å²) in [6.07, 6.45) is 2.09. The van der Waals surface area contributed by atoms with Gasteiger partial charge < -0.3 is 40.0 Å². The number of piperazine rings is 1. The van der Waals surface area contributed by atoms with Crippen LogP contribution in [0.5, 0.6) is 11.5 Å². The van der Waals surface area contributed by atoms with Gasteiger partial charge in [-0.1, -0.05) is 18.2 Å². The molecule has 4 aromatic rings. The Kier molecular flexibility index (Phi) is 10.8. The number of nitrogens with zero attached hydrogens (tertiary/aromatic N) is 4. The number of hydrogen-bond donors (Lipinski definition) is 3. The van der Waals surface area contributed by atoms with Gasteiger partial charge in [-0.2, -0.15) is 0 Å². The highest BCUT2D eigenvalue weighted by molar-refractivity contribution is 6.15. The van der Waals surface area contributed by atoms with Gasteiger partial charge >= 0.3 is 0 Å². The highest BCUT2D eigenvalue weighted by atomic mass is 16.5. The average molecular weight is 655 g/mol. The van der Waals surface area contributed by atoms with Crippen molar-refractivity contribution in [2.75, 3.05) is 58.9 Å². The van der Waals surface area contributed by atoms with Gasteiger partial charge in [0.2, 0.25) is 0 Å². The van der Waals surface area contributed by atoms with Crippen LogP contribution in [0.2, 0.25) is 0 Å². The van der Waals surface area contributed by atoms with Gasteiger partial charge in [-0.05, 0) is 69.1 Å². The molecule has 4 N–H and O–H groups in total. The maximum Gasteiger partial charge on any atom is 0.259 e. The summed E-state index contributed by atoms with van der Waals surface area (Å²) in [5.74, 6) is 1.89. The molecule has 252 valence electrons. The number of para-hydroxylation sites is 1. The van der Waals surface area contributed by atoms with Crippen LogP contribution in [-0.2, 0) is 11.4 Å². The number of primary amides is 1. The maximum atomic E-state index is 14.0. The van der Waals surface area contributed by atoms with E-state index in [0.29, 0.717) is 64.6 Å². The number of aryl methyl sites for hydroxylation is 1. The van der Waals surface area contributed by atoms with Crippen LogP contribution in [0.4, 0.5) is 5.69 Å². The third kappa shape index (κ3) is 7.21. The first-order valence-corrected chi connectivity index (χ1v) is 15.9. The molecule has 3 aromatic carbocycles. The minimum absolute atomic E-state index is 0.0595. The summed E-state index contributed by atoms with van der Waals surface area (Å²) in [5, 5.41) is 9.60. The number of benzene rings is 3. The van der Waals surface area contributed by atoms with Gasteiger partial charge in [0.15, 0.2) is 0 Å². The third-order valence-corrected chi connectivity index (χ3v) is 8.69. The number of fused-ring (bicyclic) bond motifs is 1. The molecule has 5 rings (SSSR count). The van der Waals surface area contributed by atoms with E-state index in [9.17, 15) is 19.5 Å². The zero-order valence-corrected chi connectivity index (χ0v) is 27.8. The number of carbonyl (C=O) groups is 2. The average Bonchev–Trinajstić information content (AvgIpc) is 3.53. The number of aliphatic hydroxyl groups excluding tert-OH is 1. The predicted molar refractivity (Wildman–Crippen MR) is 184 cm³/mol. The Balaban J connectivity index is 1.35. The summed E-state index contributed by atoms with van der Waals surface area (Å²) < 4.78 is 11.9. The van der Waals surface area contributed by atoms with E-state index in [1.165, 1.54) is 12.0 Å². The van der Waals surface area contributed by atoms with E-state index >= 15 is 0 Å². The molecule has 1 aromatic heterocycles. The zero-order valence-electron chi connectivity index (χ0n) is 27.8. The SMILES string of the molecule is COc1c(-c2cccc3[nH]c(CO)nc23)ccc(C(=O)N(C)c2ccc(C)cc2OCCCCC(=C=O)N2CCN(C)CC2)c1C(N)=O. The van der Waals surface area contributed by atoms with Crippen molar-refractivity contribution in [3.8, 4) is 22.6 Å². The number of methoxy groups -OCH3 is 1. The first kappa shape index (κ1) is 34.2. The molecule has 2 heterocycles. The Bertz CT molecular complexity index is 1860. The van der Waals surface area contributed by atoms with Crippen LogP contribution in [0.15, 0.2) is 54.2 Å². The Morgan fingerprint density at radius 2 is 1.85 bits per heavy atom. The first-order chi connectivity index (χ1) is 23.2. The van der Waals surface area contributed by atoms with E-state index < -0.39 is 11.8 Å². The van der Waals surface area contributed by atoms with Crippen LogP contribution in [0, 0.1) is 6.92 Å². The number of H-pyrrole nitrogens is 1. The maximum absolute atomic E-state index is 14.0. The quantitative estimate of drug-likeness (QED) is 0.144. The molecule has 1 aliphatic rings. The Morgan fingerprint density at radius 3 is 2.54 bits per heavy atom. The van der Waals surface area contributed by atoms with Gasteiger partial charge in [0.05, 0.1) is 47.3 Å². The van der Waals surface area contributed by atoms with E-state index in [1.54, 1.807) is 25.2 Å². The fraction of sp³-hybridized carbons (Fsp3) is 0.361. The normalized spacial score (nSPS) is 13.3. The summed E-state index contributed by atoms with van der Waals surface area (Å²) in [7, 11) is 5.10.